The number of thiazole rings is 1. The van der Waals surface area contributed by atoms with Gasteiger partial charge in [0.05, 0.1) is 16.7 Å². The van der Waals surface area contributed by atoms with Crippen LogP contribution in [0.1, 0.15) is 34.1 Å². The molecule has 1 heterocycles. The molecule has 2 rings (SSSR count). The summed E-state index contributed by atoms with van der Waals surface area (Å²) in [4.78, 5) is 7.17. The number of hydrogen-bond acceptors (Lipinski definition) is 5. The third-order valence-corrected chi connectivity index (χ3v) is 5.24. The van der Waals surface area contributed by atoms with Gasteiger partial charge in [-0.2, -0.15) is 0 Å². The summed E-state index contributed by atoms with van der Waals surface area (Å²) in [7, 11) is 0. The van der Waals surface area contributed by atoms with Gasteiger partial charge >= 0.3 is 0 Å². The van der Waals surface area contributed by atoms with Crippen LogP contribution in [-0.4, -0.2) is 10.7 Å². The van der Waals surface area contributed by atoms with Crippen LogP contribution < -0.4 is 11.3 Å². The van der Waals surface area contributed by atoms with Crippen LogP contribution in [0.15, 0.2) is 29.2 Å². The van der Waals surface area contributed by atoms with Crippen LogP contribution in [0.25, 0.3) is 0 Å². The molecule has 1 atom stereocenters. The predicted octanol–water partition coefficient (Wildman–Crippen LogP) is 3.62. The van der Waals surface area contributed by atoms with Gasteiger partial charge in [0.1, 0.15) is 0 Å². The van der Waals surface area contributed by atoms with Crippen LogP contribution in [0.3, 0.4) is 0 Å². The number of hydrogen-bond donors (Lipinski definition) is 2. The molecule has 0 aliphatic rings. The summed E-state index contributed by atoms with van der Waals surface area (Å²) < 4.78 is 0. The summed E-state index contributed by atoms with van der Waals surface area (Å²) in [5.41, 5.74) is 5.23. The highest BCUT2D eigenvalue weighted by Crippen LogP contribution is 2.25. The molecule has 0 radical (unpaired) electrons. The first-order valence-corrected chi connectivity index (χ1v) is 8.56. The monoisotopic (exact) mass is 307 g/mol. The molecule has 0 saturated carbocycles. The number of thioether (sulfide) groups is 1. The Morgan fingerprint density at radius 2 is 2.00 bits per heavy atom. The van der Waals surface area contributed by atoms with Crippen molar-refractivity contribution in [1.82, 2.24) is 10.4 Å². The first-order valence-electron chi connectivity index (χ1n) is 6.75. The number of benzene rings is 1. The second-order valence-corrected chi connectivity index (χ2v) is 7.30. The molecule has 0 bridgehead atoms. The Balaban J connectivity index is 2.11. The van der Waals surface area contributed by atoms with E-state index in [2.05, 4.69) is 55.4 Å². The van der Waals surface area contributed by atoms with Gasteiger partial charge in [-0.15, -0.1) is 23.1 Å². The average molecular weight is 307 g/mol. The molecule has 0 amide bonds. The van der Waals surface area contributed by atoms with Gasteiger partial charge in [0, 0.05) is 16.2 Å². The molecule has 1 aromatic carbocycles. The Bertz CT molecular complexity index is 529. The molecule has 0 fully saturated rings. The molecule has 0 spiro atoms. The maximum absolute atomic E-state index is 5.72. The van der Waals surface area contributed by atoms with Crippen LogP contribution in [0.4, 0.5) is 0 Å². The fourth-order valence-corrected chi connectivity index (χ4v) is 3.68. The molecule has 108 valence electrons. The van der Waals surface area contributed by atoms with Crippen molar-refractivity contribution in [3.05, 3.63) is 45.4 Å². The fourth-order valence-electron chi connectivity index (χ4n) is 2.04. The highest BCUT2D eigenvalue weighted by molar-refractivity contribution is 7.99. The van der Waals surface area contributed by atoms with Gasteiger partial charge < -0.3 is 0 Å². The van der Waals surface area contributed by atoms with E-state index >= 15 is 0 Å². The Hall–Kier alpha value is -0.880. The summed E-state index contributed by atoms with van der Waals surface area (Å²) in [6, 6.07) is 8.73. The average Bonchev–Trinajstić information content (AvgIpc) is 2.76. The van der Waals surface area contributed by atoms with Crippen molar-refractivity contribution >= 4 is 23.1 Å². The van der Waals surface area contributed by atoms with Crippen LogP contribution in [0.2, 0.25) is 0 Å². The number of nitrogens with two attached hydrogens (primary N) is 1. The number of aromatic nitrogens is 1. The van der Waals surface area contributed by atoms with Crippen molar-refractivity contribution in [2.24, 2.45) is 5.84 Å². The van der Waals surface area contributed by atoms with Crippen LogP contribution in [0.5, 0.6) is 0 Å². The molecule has 2 aromatic rings. The predicted molar refractivity (Wildman–Crippen MR) is 88.2 cm³/mol. The van der Waals surface area contributed by atoms with E-state index in [1.807, 2.05) is 11.8 Å². The lowest BCUT2D eigenvalue weighted by Gasteiger charge is -2.15. The first kappa shape index (κ1) is 15.5. The molecule has 0 aliphatic heterocycles. The van der Waals surface area contributed by atoms with Gasteiger partial charge in [-0.05, 0) is 37.3 Å². The minimum Gasteiger partial charge on any atom is -0.271 e. The van der Waals surface area contributed by atoms with Gasteiger partial charge in [0.25, 0.3) is 0 Å². The fraction of sp³-hybridized carbons (Fsp3) is 0.400. The van der Waals surface area contributed by atoms with Crippen LogP contribution in [-0.2, 0) is 6.42 Å². The third kappa shape index (κ3) is 3.82. The molecule has 1 aromatic heterocycles. The topological polar surface area (TPSA) is 50.9 Å². The summed E-state index contributed by atoms with van der Waals surface area (Å²) in [5, 5.41) is 1.13. The molecule has 1 unspecified atom stereocenters. The van der Waals surface area contributed by atoms with E-state index in [-0.39, 0.29) is 6.04 Å². The molecule has 5 heteroatoms. The molecule has 20 heavy (non-hydrogen) atoms. The van der Waals surface area contributed by atoms with E-state index in [4.69, 9.17) is 5.84 Å². The van der Waals surface area contributed by atoms with E-state index < -0.39 is 0 Å². The Morgan fingerprint density at radius 1 is 1.30 bits per heavy atom. The largest absolute Gasteiger partial charge is 0.271 e. The van der Waals surface area contributed by atoms with E-state index in [9.17, 15) is 0 Å². The van der Waals surface area contributed by atoms with Crippen LogP contribution >= 0.6 is 23.1 Å². The zero-order valence-corrected chi connectivity index (χ0v) is 13.8. The summed E-state index contributed by atoms with van der Waals surface area (Å²) >= 11 is 3.60. The molecular formula is C15H21N3S2. The van der Waals surface area contributed by atoms with Crippen molar-refractivity contribution in [3.8, 4) is 0 Å². The molecule has 3 nitrogen and oxygen atoms in total. The highest BCUT2D eigenvalue weighted by atomic mass is 32.2. The lowest BCUT2D eigenvalue weighted by atomic mass is 10.1. The van der Waals surface area contributed by atoms with Gasteiger partial charge in [-0.25, -0.2) is 4.98 Å². The van der Waals surface area contributed by atoms with Gasteiger partial charge in [-0.3, -0.25) is 11.3 Å². The highest BCUT2D eigenvalue weighted by Gasteiger charge is 2.14. The second kappa shape index (κ2) is 7.22. The number of hydrazine groups is 1. The van der Waals surface area contributed by atoms with Crippen molar-refractivity contribution in [1.29, 1.82) is 0 Å². The van der Waals surface area contributed by atoms with Crippen molar-refractivity contribution < 1.29 is 0 Å². The zero-order chi connectivity index (χ0) is 14.5. The Morgan fingerprint density at radius 3 is 2.50 bits per heavy atom. The smallest absolute Gasteiger partial charge is 0.0950 e. The first-order chi connectivity index (χ1) is 9.63. The lowest BCUT2D eigenvalue weighted by Crippen LogP contribution is -2.29. The van der Waals surface area contributed by atoms with Crippen molar-refractivity contribution in [3.63, 3.8) is 0 Å². The standard InChI is InChI=1S/C15H21N3S2/c1-4-19-13-7-5-12(6-8-13)14(18-16)9-15-17-10(2)11(3)20-15/h5-8,14,18H,4,9,16H2,1-3H3. The Labute approximate surface area is 129 Å². The summed E-state index contributed by atoms with van der Waals surface area (Å²) in [6.45, 7) is 6.32. The third-order valence-electron chi connectivity index (χ3n) is 3.25. The van der Waals surface area contributed by atoms with Crippen molar-refractivity contribution in [2.45, 2.75) is 38.1 Å². The van der Waals surface area contributed by atoms with Crippen molar-refractivity contribution in [2.75, 3.05) is 5.75 Å². The maximum atomic E-state index is 5.72. The number of nitrogens with zero attached hydrogens (tertiary/aromatic N) is 1. The number of aryl methyl sites for hydroxylation is 2. The van der Waals surface area contributed by atoms with Gasteiger partial charge in [-0.1, -0.05) is 19.1 Å². The summed E-state index contributed by atoms with van der Waals surface area (Å²) in [5.74, 6) is 6.81. The van der Waals surface area contributed by atoms with Gasteiger partial charge in [0.2, 0.25) is 0 Å². The van der Waals surface area contributed by atoms with E-state index in [0.717, 1.165) is 22.9 Å². The van der Waals surface area contributed by atoms with E-state index in [1.54, 1.807) is 11.3 Å². The number of nitrogens with one attached hydrogen (secondary N) is 1. The number of rotatable bonds is 6. The Kier molecular flexibility index (Phi) is 5.60. The molecule has 0 aliphatic carbocycles. The van der Waals surface area contributed by atoms with E-state index in [1.165, 1.54) is 15.3 Å². The minimum absolute atomic E-state index is 0.112. The molecule has 3 N–H and O–H groups in total. The minimum atomic E-state index is 0.112. The SMILES string of the molecule is CCSc1ccc(C(Cc2nc(C)c(C)s2)NN)cc1. The normalized spacial score (nSPS) is 12.6. The van der Waals surface area contributed by atoms with Crippen LogP contribution in [0, 0.1) is 13.8 Å². The zero-order valence-electron chi connectivity index (χ0n) is 12.1. The lowest BCUT2D eigenvalue weighted by molar-refractivity contribution is 0.550. The van der Waals surface area contributed by atoms with Gasteiger partial charge in [0.15, 0.2) is 0 Å². The maximum Gasteiger partial charge on any atom is 0.0950 e. The molecule has 0 saturated heterocycles. The summed E-state index contributed by atoms with van der Waals surface area (Å²) in [6.07, 6.45) is 0.829. The second-order valence-electron chi connectivity index (χ2n) is 4.67. The quantitative estimate of drug-likeness (QED) is 0.486. The molecular weight excluding hydrogens is 286 g/mol. The van der Waals surface area contributed by atoms with E-state index in [0.29, 0.717) is 0 Å².